The Bertz CT molecular complexity index is 401. The van der Waals surface area contributed by atoms with Crippen molar-refractivity contribution in [3.05, 3.63) is 0 Å². The molecule has 0 bridgehead atoms. The fourth-order valence-corrected chi connectivity index (χ4v) is 4.73. The number of halogens is 2. The van der Waals surface area contributed by atoms with Crippen molar-refractivity contribution in [2.75, 3.05) is 11.5 Å². The average Bonchev–Trinajstić information content (AvgIpc) is 2.30. The summed E-state index contributed by atoms with van der Waals surface area (Å²) in [7, 11) is 2.49. The Morgan fingerprint density at radius 1 is 0.750 bits per heavy atom. The molecule has 0 spiro atoms. The summed E-state index contributed by atoms with van der Waals surface area (Å²) in [5.74, 6) is -1.81. The summed E-state index contributed by atoms with van der Waals surface area (Å²) >= 11 is 0. The molecule has 146 valence electrons. The van der Waals surface area contributed by atoms with Crippen LogP contribution < -0.4 is 11.5 Å². The van der Waals surface area contributed by atoms with E-state index < -0.39 is 33.8 Å². The van der Waals surface area contributed by atoms with Crippen LogP contribution in [-0.2, 0) is 9.59 Å². The molecule has 6 nitrogen and oxygen atoms in total. The molecular weight excluding hydrogens is 395 g/mol. The lowest BCUT2D eigenvalue weighted by atomic mass is 9.75. The third kappa shape index (κ3) is 6.46. The van der Waals surface area contributed by atoms with Crippen LogP contribution in [0, 0.1) is 10.8 Å². The SMILES string of the molecule is CC(C)(C)[C@](N)(CSSC[C@](N)(C(=O)O)C(C)(C)C)C(=O)O.Cl.Cl. The highest BCUT2D eigenvalue weighted by Crippen LogP contribution is 2.39. The highest BCUT2D eigenvalue weighted by atomic mass is 35.5. The van der Waals surface area contributed by atoms with Crippen LogP contribution in [0.3, 0.4) is 0 Å². The summed E-state index contributed by atoms with van der Waals surface area (Å²) in [5.41, 5.74) is 8.03. The molecule has 10 heteroatoms. The summed E-state index contributed by atoms with van der Waals surface area (Å²) in [6, 6.07) is 0. The Morgan fingerprint density at radius 3 is 1.08 bits per heavy atom. The molecule has 0 aliphatic carbocycles. The Morgan fingerprint density at radius 2 is 0.958 bits per heavy atom. The molecule has 0 saturated carbocycles. The van der Waals surface area contributed by atoms with E-state index >= 15 is 0 Å². The van der Waals surface area contributed by atoms with Gasteiger partial charge in [0.05, 0.1) is 0 Å². The van der Waals surface area contributed by atoms with Gasteiger partial charge >= 0.3 is 11.9 Å². The molecule has 0 saturated heterocycles. The van der Waals surface area contributed by atoms with E-state index in [9.17, 15) is 19.8 Å². The summed E-state index contributed by atoms with van der Waals surface area (Å²) < 4.78 is 0. The molecule has 24 heavy (non-hydrogen) atoms. The maximum atomic E-state index is 11.5. The molecule has 0 unspecified atom stereocenters. The topological polar surface area (TPSA) is 127 Å². The van der Waals surface area contributed by atoms with Gasteiger partial charge in [0, 0.05) is 11.5 Å². The molecule has 0 aliphatic heterocycles. The largest absolute Gasteiger partial charge is 0.480 e. The molecule has 0 rings (SSSR count). The number of nitrogens with two attached hydrogens (primary N) is 2. The van der Waals surface area contributed by atoms with Crippen LogP contribution in [0.1, 0.15) is 41.5 Å². The lowest BCUT2D eigenvalue weighted by Crippen LogP contribution is -2.60. The Labute approximate surface area is 164 Å². The quantitative estimate of drug-likeness (QED) is 0.362. The summed E-state index contributed by atoms with van der Waals surface area (Å²) in [6.45, 7) is 10.6. The van der Waals surface area contributed by atoms with Crippen molar-refractivity contribution in [1.29, 1.82) is 0 Å². The molecule has 6 N–H and O–H groups in total. The normalized spacial score (nSPS) is 16.8. The summed E-state index contributed by atoms with van der Waals surface area (Å²) in [5, 5.41) is 18.8. The molecule has 0 aromatic carbocycles. The van der Waals surface area contributed by atoms with Gasteiger partial charge < -0.3 is 21.7 Å². The minimum absolute atomic E-state index is 0. The smallest absolute Gasteiger partial charge is 0.325 e. The van der Waals surface area contributed by atoms with Crippen molar-refractivity contribution in [2.45, 2.75) is 52.6 Å². The molecule has 0 aromatic rings. The van der Waals surface area contributed by atoms with Crippen LogP contribution in [0.4, 0.5) is 0 Å². The maximum Gasteiger partial charge on any atom is 0.325 e. The zero-order valence-corrected chi connectivity index (χ0v) is 18.2. The lowest BCUT2D eigenvalue weighted by molar-refractivity contribution is -0.147. The third-order valence-corrected chi connectivity index (χ3v) is 6.62. The predicted molar refractivity (Wildman–Crippen MR) is 107 cm³/mol. The van der Waals surface area contributed by atoms with Gasteiger partial charge in [0.1, 0.15) is 11.1 Å². The Kier molecular flexibility index (Phi) is 11.7. The standard InChI is InChI=1S/C14H28N2O4S2.2ClH/c1-11(2,3)13(15,9(17)18)7-21-22-8-14(16,10(19)20)12(4,5)6;;/h7-8,15-16H2,1-6H3,(H,17,18)(H,19,20);2*1H/t13-,14-;;/m0../s1. The van der Waals surface area contributed by atoms with Gasteiger partial charge in [-0.25, -0.2) is 0 Å². The minimum Gasteiger partial charge on any atom is -0.480 e. The van der Waals surface area contributed by atoms with Crippen molar-refractivity contribution in [2.24, 2.45) is 22.3 Å². The number of carbonyl (C=O) groups is 2. The number of hydrogen-bond donors (Lipinski definition) is 4. The van der Waals surface area contributed by atoms with Gasteiger partial charge in [0.25, 0.3) is 0 Å². The number of aliphatic carboxylic acids is 2. The van der Waals surface area contributed by atoms with Gasteiger partial charge in [0.15, 0.2) is 0 Å². The van der Waals surface area contributed by atoms with Crippen LogP contribution in [-0.4, -0.2) is 44.7 Å². The van der Waals surface area contributed by atoms with Gasteiger partial charge in [-0.1, -0.05) is 63.1 Å². The molecule has 0 heterocycles. The fraction of sp³-hybridized carbons (Fsp3) is 0.857. The van der Waals surface area contributed by atoms with Crippen LogP contribution in [0.5, 0.6) is 0 Å². The van der Waals surface area contributed by atoms with Crippen molar-refractivity contribution < 1.29 is 19.8 Å². The van der Waals surface area contributed by atoms with Crippen molar-refractivity contribution in [1.82, 2.24) is 0 Å². The van der Waals surface area contributed by atoms with E-state index in [2.05, 4.69) is 0 Å². The molecule has 0 aromatic heterocycles. The minimum atomic E-state index is -1.40. The third-order valence-electron chi connectivity index (χ3n) is 4.10. The van der Waals surface area contributed by atoms with Crippen LogP contribution in [0.15, 0.2) is 0 Å². The van der Waals surface area contributed by atoms with E-state index in [4.69, 9.17) is 11.5 Å². The van der Waals surface area contributed by atoms with Crippen molar-refractivity contribution in [3.8, 4) is 0 Å². The number of carboxylic acids is 2. The van der Waals surface area contributed by atoms with E-state index in [-0.39, 0.29) is 36.3 Å². The zero-order valence-electron chi connectivity index (χ0n) is 14.9. The van der Waals surface area contributed by atoms with E-state index in [0.29, 0.717) is 0 Å². The molecule has 0 aliphatic rings. The first-order valence-corrected chi connectivity index (χ1v) is 9.37. The van der Waals surface area contributed by atoms with Crippen LogP contribution in [0.2, 0.25) is 0 Å². The van der Waals surface area contributed by atoms with E-state index in [0.717, 1.165) is 0 Å². The first kappa shape index (κ1) is 28.9. The zero-order chi connectivity index (χ0) is 18.0. The lowest BCUT2D eigenvalue weighted by Gasteiger charge is -2.39. The predicted octanol–water partition coefficient (Wildman–Crippen LogP) is 2.87. The van der Waals surface area contributed by atoms with Crippen molar-refractivity contribution >= 4 is 58.3 Å². The molecule has 0 amide bonds. The van der Waals surface area contributed by atoms with Gasteiger partial charge in [-0.15, -0.1) is 24.8 Å². The molecule has 2 atom stereocenters. The first-order chi connectivity index (χ1) is 9.59. The fourth-order valence-electron chi connectivity index (χ4n) is 1.47. The van der Waals surface area contributed by atoms with Gasteiger partial charge in [0.2, 0.25) is 0 Å². The van der Waals surface area contributed by atoms with E-state index in [1.807, 2.05) is 0 Å². The van der Waals surface area contributed by atoms with Gasteiger partial charge in [-0.2, -0.15) is 0 Å². The number of carboxylic acid groups (broad SMARTS) is 2. The number of rotatable bonds is 7. The first-order valence-electron chi connectivity index (χ1n) is 6.88. The highest BCUT2D eigenvalue weighted by molar-refractivity contribution is 8.76. The van der Waals surface area contributed by atoms with Gasteiger partial charge in [-0.3, -0.25) is 9.59 Å². The van der Waals surface area contributed by atoms with E-state index in [1.54, 1.807) is 41.5 Å². The van der Waals surface area contributed by atoms with Crippen LogP contribution >= 0.6 is 46.4 Å². The van der Waals surface area contributed by atoms with Gasteiger partial charge in [-0.05, 0) is 10.8 Å². The second kappa shape index (κ2) is 9.73. The molecule has 0 radical (unpaired) electrons. The van der Waals surface area contributed by atoms with Crippen LogP contribution in [0.25, 0.3) is 0 Å². The molecule has 0 fully saturated rings. The number of hydrogen-bond acceptors (Lipinski definition) is 6. The second-order valence-corrected chi connectivity index (χ2v) is 10.0. The monoisotopic (exact) mass is 424 g/mol. The second-order valence-electron chi connectivity index (χ2n) is 7.58. The maximum absolute atomic E-state index is 11.5. The molecular formula is C14H30Cl2N2O4S2. The summed E-state index contributed by atoms with van der Waals surface area (Å²) in [4.78, 5) is 22.9. The van der Waals surface area contributed by atoms with Crippen molar-refractivity contribution in [3.63, 3.8) is 0 Å². The average molecular weight is 425 g/mol. The highest BCUT2D eigenvalue weighted by Gasteiger charge is 2.47. The summed E-state index contributed by atoms with van der Waals surface area (Å²) in [6.07, 6.45) is 0. The Balaban J connectivity index is -0.00000220. The van der Waals surface area contributed by atoms with E-state index in [1.165, 1.54) is 21.6 Å². The Hall–Kier alpha value is 0.140.